The van der Waals surface area contributed by atoms with Gasteiger partial charge in [0, 0.05) is 5.56 Å². The highest BCUT2D eigenvalue weighted by atomic mass is 16.1. The van der Waals surface area contributed by atoms with Crippen LogP contribution >= 0.6 is 0 Å². The van der Waals surface area contributed by atoms with Crippen LogP contribution in [0, 0.1) is 0 Å². The third-order valence-corrected chi connectivity index (χ3v) is 3.02. The van der Waals surface area contributed by atoms with Gasteiger partial charge in [0.2, 0.25) is 0 Å². The molecule has 0 fully saturated rings. The highest BCUT2D eigenvalue weighted by Crippen LogP contribution is 2.31. The molecule has 2 aromatic carbocycles. The summed E-state index contributed by atoms with van der Waals surface area (Å²) in [6.07, 6.45) is 1.60. The van der Waals surface area contributed by atoms with E-state index >= 15 is 0 Å². The zero-order valence-corrected chi connectivity index (χ0v) is 9.59. The SMILES string of the molecule is O=C1C=C(c2ccccc2)c2cc(=O)cccc21. The van der Waals surface area contributed by atoms with Crippen molar-refractivity contribution in [3.63, 3.8) is 0 Å². The van der Waals surface area contributed by atoms with E-state index < -0.39 is 0 Å². The number of hydrogen-bond donors (Lipinski definition) is 0. The average molecular weight is 234 g/mol. The zero-order valence-electron chi connectivity index (χ0n) is 9.59. The third kappa shape index (κ3) is 1.68. The van der Waals surface area contributed by atoms with Crippen molar-refractivity contribution < 1.29 is 4.79 Å². The van der Waals surface area contributed by atoms with E-state index in [4.69, 9.17) is 0 Å². The van der Waals surface area contributed by atoms with Crippen LogP contribution in [0.15, 0.2) is 65.5 Å². The monoisotopic (exact) mass is 234 g/mol. The molecule has 0 saturated heterocycles. The summed E-state index contributed by atoms with van der Waals surface area (Å²) in [6, 6.07) is 15.9. The Bertz CT molecular complexity index is 713. The fourth-order valence-corrected chi connectivity index (χ4v) is 2.18. The summed E-state index contributed by atoms with van der Waals surface area (Å²) in [6.45, 7) is 0. The summed E-state index contributed by atoms with van der Waals surface area (Å²) >= 11 is 0. The van der Waals surface area contributed by atoms with Crippen molar-refractivity contribution in [3.8, 4) is 0 Å². The number of hydrogen-bond acceptors (Lipinski definition) is 2. The van der Waals surface area contributed by atoms with Gasteiger partial charge in [-0.2, -0.15) is 0 Å². The summed E-state index contributed by atoms with van der Waals surface area (Å²) in [4.78, 5) is 23.5. The molecule has 0 heterocycles. The first-order valence-electron chi connectivity index (χ1n) is 5.72. The van der Waals surface area contributed by atoms with Gasteiger partial charge in [0.1, 0.15) is 0 Å². The number of allylic oxidation sites excluding steroid dienone is 1. The number of fused-ring (bicyclic) bond motifs is 1. The van der Waals surface area contributed by atoms with Crippen molar-refractivity contribution in [2.24, 2.45) is 0 Å². The quantitative estimate of drug-likeness (QED) is 0.760. The van der Waals surface area contributed by atoms with Gasteiger partial charge in [0.05, 0.1) is 0 Å². The zero-order chi connectivity index (χ0) is 12.5. The van der Waals surface area contributed by atoms with Crippen LogP contribution in [0.3, 0.4) is 0 Å². The van der Waals surface area contributed by atoms with Gasteiger partial charge in [-0.1, -0.05) is 42.5 Å². The van der Waals surface area contributed by atoms with Crippen LogP contribution in [0.1, 0.15) is 21.5 Å². The molecule has 0 bridgehead atoms. The molecule has 86 valence electrons. The van der Waals surface area contributed by atoms with E-state index in [2.05, 4.69) is 0 Å². The van der Waals surface area contributed by atoms with Crippen LogP contribution in [0.4, 0.5) is 0 Å². The molecule has 0 radical (unpaired) electrons. The van der Waals surface area contributed by atoms with Gasteiger partial charge in [-0.3, -0.25) is 9.59 Å². The lowest BCUT2D eigenvalue weighted by Gasteiger charge is -2.02. The Labute approximate surface area is 104 Å². The minimum Gasteiger partial charge on any atom is -0.290 e. The fourth-order valence-electron chi connectivity index (χ4n) is 2.18. The second-order valence-corrected chi connectivity index (χ2v) is 4.19. The molecule has 2 heteroatoms. The van der Waals surface area contributed by atoms with Gasteiger partial charge >= 0.3 is 0 Å². The maximum absolute atomic E-state index is 11.9. The summed E-state index contributed by atoms with van der Waals surface area (Å²) in [5.74, 6) is -0.0422. The maximum Gasteiger partial charge on any atom is 0.187 e. The number of benzene rings is 1. The molecule has 3 rings (SSSR count). The van der Waals surface area contributed by atoms with Crippen LogP contribution in [0.5, 0.6) is 0 Å². The number of carbonyl (C=O) groups excluding carboxylic acids is 1. The fraction of sp³-hybridized carbons (Fsp3) is 0. The van der Waals surface area contributed by atoms with Crippen molar-refractivity contribution in [2.75, 3.05) is 0 Å². The largest absolute Gasteiger partial charge is 0.290 e. The molecule has 0 unspecified atom stereocenters. The molecule has 0 N–H and O–H groups in total. The van der Waals surface area contributed by atoms with Crippen molar-refractivity contribution >= 4 is 11.4 Å². The summed E-state index contributed by atoms with van der Waals surface area (Å²) < 4.78 is 0. The Hall–Kier alpha value is -2.48. The van der Waals surface area contributed by atoms with E-state index in [1.54, 1.807) is 18.2 Å². The first kappa shape index (κ1) is 10.7. The van der Waals surface area contributed by atoms with Crippen molar-refractivity contribution in [3.05, 3.63) is 87.6 Å². The maximum atomic E-state index is 11.9. The summed E-state index contributed by atoms with van der Waals surface area (Å²) in [7, 11) is 0. The number of carbonyl (C=O) groups is 1. The Morgan fingerprint density at radius 2 is 1.50 bits per heavy atom. The lowest BCUT2D eigenvalue weighted by molar-refractivity contribution is 0.105. The van der Waals surface area contributed by atoms with Crippen LogP contribution in [0.2, 0.25) is 0 Å². The van der Waals surface area contributed by atoms with E-state index in [0.29, 0.717) is 5.56 Å². The average Bonchev–Trinajstić information content (AvgIpc) is 2.58. The van der Waals surface area contributed by atoms with Crippen LogP contribution in [-0.2, 0) is 0 Å². The Balaban J connectivity index is 2.27. The third-order valence-electron chi connectivity index (χ3n) is 3.02. The van der Waals surface area contributed by atoms with Crippen molar-refractivity contribution in [1.82, 2.24) is 0 Å². The van der Waals surface area contributed by atoms with Gasteiger partial charge in [0.25, 0.3) is 0 Å². The normalized spacial score (nSPS) is 13.1. The molecule has 2 aromatic rings. The first-order chi connectivity index (χ1) is 8.75. The van der Waals surface area contributed by atoms with E-state index in [-0.39, 0.29) is 11.2 Å². The first-order valence-corrected chi connectivity index (χ1v) is 5.72. The van der Waals surface area contributed by atoms with Gasteiger partial charge in [-0.15, -0.1) is 0 Å². The van der Waals surface area contributed by atoms with E-state index in [1.165, 1.54) is 12.1 Å². The summed E-state index contributed by atoms with van der Waals surface area (Å²) in [5, 5.41) is 0. The van der Waals surface area contributed by atoms with E-state index in [1.807, 2.05) is 30.3 Å². The molecule has 1 aliphatic rings. The molecule has 0 aliphatic heterocycles. The predicted molar refractivity (Wildman–Crippen MR) is 70.6 cm³/mol. The number of ketones is 1. The number of rotatable bonds is 1. The van der Waals surface area contributed by atoms with Crippen molar-refractivity contribution in [2.45, 2.75) is 0 Å². The van der Waals surface area contributed by atoms with Crippen LogP contribution < -0.4 is 5.43 Å². The minimum atomic E-state index is -0.0900. The Kier molecular flexibility index (Phi) is 2.41. The standard InChI is InChI=1S/C16H10O2/c17-12-7-4-8-13-15(9-12)14(10-16(13)18)11-5-2-1-3-6-11/h1-10H. The smallest absolute Gasteiger partial charge is 0.187 e. The topological polar surface area (TPSA) is 34.1 Å². The minimum absolute atomic E-state index is 0.0422. The van der Waals surface area contributed by atoms with Gasteiger partial charge in [0.15, 0.2) is 11.2 Å². The van der Waals surface area contributed by atoms with Crippen molar-refractivity contribution in [1.29, 1.82) is 0 Å². The molecule has 0 saturated carbocycles. The second-order valence-electron chi connectivity index (χ2n) is 4.19. The lowest BCUT2D eigenvalue weighted by atomic mass is 10.0. The summed E-state index contributed by atoms with van der Waals surface area (Å²) in [5.41, 5.74) is 3.00. The molecule has 1 aliphatic carbocycles. The second kappa shape index (κ2) is 4.08. The lowest BCUT2D eigenvalue weighted by Crippen LogP contribution is -1.94. The van der Waals surface area contributed by atoms with E-state index in [9.17, 15) is 9.59 Å². The molecular formula is C16H10O2. The van der Waals surface area contributed by atoms with Gasteiger partial charge in [-0.25, -0.2) is 0 Å². The molecule has 0 amide bonds. The van der Waals surface area contributed by atoms with Gasteiger partial charge in [-0.05, 0) is 34.9 Å². The Morgan fingerprint density at radius 1 is 0.722 bits per heavy atom. The molecule has 0 spiro atoms. The van der Waals surface area contributed by atoms with Crippen LogP contribution in [0.25, 0.3) is 5.57 Å². The van der Waals surface area contributed by atoms with E-state index in [0.717, 1.165) is 16.7 Å². The van der Waals surface area contributed by atoms with Crippen LogP contribution in [-0.4, -0.2) is 5.78 Å². The molecule has 0 aromatic heterocycles. The molecular weight excluding hydrogens is 224 g/mol. The predicted octanol–water partition coefficient (Wildman–Crippen LogP) is 2.67. The molecule has 2 nitrogen and oxygen atoms in total. The molecule has 18 heavy (non-hydrogen) atoms. The Morgan fingerprint density at radius 3 is 2.28 bits per heavy atom. The molecule has 0 atom stereocenters. The highest BCUT2D eigenvalue weighted by Gasteiger charge is 2.21. The highest BCUT2D eigenvalue weighted by molar-refractivity contribution is 6.18. The van der Waals surface area contributed by atoms with Gasteiger partial charge < -0.3 is 0 Å².